The first-order valence-electron chi connectivity index (χ1n) is 22.3. The van der Waals surface area contributed by atoms with Crippen LogP contribution in [0.25, 0.3) is 6.08 Å². The number of fused-ring (bicyclic) bond motifs is 1. The second-order valence-electron chi connectivity index (χ2n) is 16.4. The third-order valence-electron chi connectivity index (χ3n) is 12.3. The topological polar surface area (TPSA) is 159 Å². The van der Waals surface area contributed by atoms with E-state index in [9.17, 15) is 14.7 Å². The van der Waals surface area contributed by atoms with Crippen LogP contribution in [-0.4, -0.2) is 65.2 Å². The second-order valence-corrected chi connectivity index (χ2v) is 19.2. The summed E-state index contributed by atoms with van der Waals surface area (Å²) >= 11 is 3.84. The minimum absolute atomic E-state index is 0.143. The Morgan fingerprint density at radius 1 is 0.729 bits per heavy atom. The molecule has 2 aliphatic heterocycles. The zero-order valence-electron chi connectivity index (χ0n) is 37.5. The summed E-state index contributed by atoms with van der Waals surface area (Å²) in [6, 6.07) is 58.2. The van der Waals surface area contributed by atoms with Crippen LogP contribution in [0, 0.1) is 6.92 Å². The molecule has 346 valence electrons. The number of β-lactam (4-membered cyclic amide) rings is 1. The van der Waals surface area contributed by atoms with E-state index in [0.29, 0.717) is 16.4 Å². The first kappa shape index (κ1) is 45.8. The van der Waals surface area contributed by atoms with Gasteiger partial charge in [0.2, 0.25) is 5.60 Å². The lowest BCUT2D eigenvalue weighted by atomic mass is 9.77. The Morgan fingerprint density at radius 2 is 1.21 bits per heavy atom. The van der Waals surface area contributed by atoms with Crippen LogP contribution in [0.1, 0.15) is 49.6 Å². The summed E-state index contributed by atoms with van der Waals surface area (Å²) < 4.78 is 3.96. The fraction of sp³-hybridized carbons (Fsp3) is 0.109. The molecule has 10 rings (SSSR count). The van der Waals surface area contributed by atoms with Crippen LogP contribution in [0.3, 0.4) is 0 Å². The van der Waals surface area contributed by atoms with Crippen LogP contribution < -0.4 is 10.6 Å². The molecule has 2 aliphatic rings. The third kappa shape index (κ3) is 8.59. The van der Waals surface area contributed by atoms with Crippen molar-refractivity contribution in [1.82, 2.24) is 24.8 Å². The Kier molecular flexibility index (Phi) is 13.0. The third-order valence-corrected chi connectivity index (χ3v) is 15.2. The molecule has 1 saturated heterocycles. The molecule has 2 amide bonds. The van der Waals surface area contributed by atoms with Crippen LogP contribution >= 0.6 is 34.6 Å². The fourth-order valence-electron chi connectivity index (χ4n) is 8.93. The number of rotatable bonds is 16. The van der Waals surface area contributed by atoms with Gasteiger partial charge in [-0.05, 0) is 46.8 Å². The lowest BCUT2D eigenvalue weighted by molar-refractivity contribution is -0.150. The largest absolute Gasteiger partial charge is 0.477 e. The number of aliphatic carboxylic acids is 1. The molecule has 0 bridgehead atoms. The molecule has 0 spiro atoms. The predicted molar refractivity (Wildman–Crippen MR) is 275 cm³/mol. The number of carbonyl (C=O) groups is 3. The number of hydrogen-bond donors (Lipinski definition) is 3. The summed E-state index contributed by atoms with van der Waals surface area (Å²) in [6.07, 6.45) is 3.44. The maximum atomic E-state index is 15.1. The molecule has 8 aromatic rings. The highest BCUT2D eigenvalue weighted by Crippen LogP contribution is 2.44. The summed E-state index contributed by atoms with van der Waals surface area (Å²) in [7, 11) is 0. The van der Waals surface area contributed by atoms with Crippen molar-refractivity contribution in [2.75, 3.05) is 11.1 Å². The van der Waals surface area contributed by atoms with E-state index in [-0.39, 0.29) is 22.9 Å². The average molecular weight is 978 g/mol. The van der Waals surface area contributed by atoms with Gasteiger partial charge in [-0.1, -0.05) is 198 Å². The lowest BCUT2D eigenvalue weighted by Gasteiger charge is -2.49. The van der Waals surface area contributed by atoms with Crippen molar-refractivity contribution >= 4 is 69.3 Å². The van der Waals surface area contributed by atoms with E-state index in [2.05, 4.69) is 56.6 Å². The van der Waals surface area contributed by atoms with Crippen LogP contribution in [0.2, 0.25) is 0 Å². The van der Waals surface area contributed by atoms with Gasteiger partial charge < -0.3 is 20.6 Å². The Morgan fingerprint density at radius 3 is 1.67 bits per heavy atom. The number of thioether (sulfide) groups is 1. The van der Waals surface area contributed by atoms with Gasteiger partial charge in [-0.25, -0.2) is 9.78 Å². The molecule has 3 N–H and O–H groups in total. The van der Waals surface area contributed by atoms with Crippen LogP contribution in [0.4, 0.5) is 5.13 Å². The standard InChI is InChI=1S/C55H43N7O5S3/c1-36-45(70-61-59-36)33-32-37-34-68-51-47(50(64)62(51)48(37)52(65)66)57-49(63)46(60-67-55(41-26-14-5-15-27-41,42-28-16-6-17-29-42)43-30-18-7-19-31-43)44-35-69-53(56-44)58-54(38-20-8-2-9-21-38,39-22-10-3-11-23-39)40-24-12-4-13-25-40/h2-33,35,47,51H,34H2,1H3,(H,56,58)(H,57,63)(H,65,66)/b33-32-,60-46-/t47?,51-/m1/s1. The molecular formula is C55H43N7O5S3. The number of carbonyl (C=O) groups excluding carboxylic acids is 2. The molecule has 12 nitrogen and oxygen atoms in total. The van der Waals surface area contributed by atoms with E-state index < -0.39 is 40.3 Å². The van der Waals surface area contributed by atoms with E-state index in [1.165, 1.54) is 39.5 Å². The van der Waals surface area contributed by atoms with E-state index in [0.717, 1.165) is 38.3 Å². The first-order chi connectivity index (χ1) is 34.3. The number of thiazole rings is 1. The van der Waals surface area contributed by atoms with Gasteiger partial charge in [-0.3, -0.25) is 14.5 Å². The number of nitrogens with zero attached hydrogens (tertiary/aromatic N) is 5. The number of allylic oxidation sites excluding steroid dienone is 1. The highest BCUT2D eigenvalue weighted by molar-refractivity contribution is 8.00. The number of aromatic nitrogens is 3. The minimum atomic E-state index is -1.36. The van der Waals surface area contributed by atoms with Gasteiger partial charge in [-0.15, -0.1) is 28.2 Å². The van der Waals surface area contributed by atoms with E-state index >= 15 is 4.79 Å². The number of nitrogens with one attached hydrogen (secondary N) is 2. The van der Waals surface area contributed by atoms with Crippen molar-refractivity contribution in [1.29, 1.82) is 0 Å². The number of aryl methyl sites for hydroxylation is 1. The molecule has 4 heterocycles. The molecular weight excluding hydrogens is 935 g/mol. The normalized spacial score (nSPS) is 16.1. The predicted octanol–water partition coefficient (Wildman–Crippen LogP) is 9.87. The first-order valence-corrected chi connectivity index (χ1v) is 25.0. The van der Waals surface area contributed by atoms with Gasteiger partial charge >= 0.3 is 5.97 Å². The zero-order valence-corrected chi connectivity index (χ0v) is 39.9. The number of anilines is 1. The van der Waals surface area contributed by atoms with Gasteiger partial charge in [-0.2, -0.15) is 0 Å². The maximum Gasteiger partial charge on any atom is 0.352 e. The smallest absolute Gasteiger partial charge is 0.352 e. The number of amides is 2. The van der Waals surface area contributed by atoms with Crippen LogP contribution in [-0.2, 0) is 30.4 Å². The number of hydrogen-bond acceptors (Lipinski definition) is 12. The highest BCUT2D eigenvalue weighted by Gasteiger charge is 2.54. The molecule has 0 saturated carbocycles. The van der Waals surface area contributed by atoms with Gasteiger partial charge in [0.15, 0.2) is 10.8 Å². The molecule has 2 atom stereocenters. The number of carboxylic acid groups (broad SMARTS) is 1. The van der Waals surface area contributed by atoms with Gasteiger partial charge in [0.05, 0.1) is 10.6 Å². The maximum absolute atomic E-state index is 15.1. The Bertz CT molecular complexity index is 3050. The van der Waals surface area contributed by atoms with Gasteiger partial charge in [0.25, 0.3) is 11.8 Å². The van der Waals surface area contributed by atoms with E-state index in [4.69, 9.17) is 15.0 Å². The molecule has 2 aromatic heterocycles. The monoisotopic (exact) mass is 977 g/mol. The van der Waals surface area contributed by atoms with Gasteiger partial charge in [0.1, 0.15) is 28.3 Å². The summed E-state index contributed by atoms with van der Waals surface area (Å²) in [5.74, 6) is -2.29. The minimum Gasteiger partial charge on any atom is -0.477 e. The zero-order chi connectivity index (χ0) is 48.1. The SMILES string of the molecule is Cc1nnsc1/C=C\C1=C(C(=O)O)N2C(=O)C(NC(=O)/C(=N\OC(c3ccccc3)(c3ccccc3)c3ccccc3)c3csc(NC(c4ccccc4)(c4ccccc4)c4ccccc4)n3)[C@H]2SC1. The summed E-state index contributed by atoms with van der Waals surface area (Å²) in [5.41, 5.74) is 3.83. The summed E-state index contributed by atoms with van der Waals surface area (Å²) in [6.45, 7) is 1.82. The Balaban J connectivity index is 1.07. The Hall–Kier alpha value is -7.98. The second kappa shape index (κ2) is 19.9. The molecule has 70 heavy (non-hydrogen) atoms. The molecule has 0 radical (unpaired) electrons. The van der Waals surface area contributed by atoms with Crippen molar-refractivity contribution in [2.45, 2.75) is 29.5 Å². The van der Waals surface area contributed by atoms with Crippen molar-refractivity contribution in [3.8, 4) is 0 Å². The number of oxime groups is 1. The molecule has 1 unspecified atom stereocenters. The molecule has 6 aromatic carbocycles. The van der Waals surface area contributed by atoms with Crippen LogP contribution in [0.5, 0.6) is 0 Å². The summed E-state index contributed by atoms with van der Waals surface area (Å²) in [5, 5.41) is 27.5. The molecule has 15 heteroatoms. The van der Waals surface area contributed by atoms with Gasteiger partial charge in [0, 0.05) is 27.8 Å². The van der Waals surface area contributed by atoms with Crippen molar-refractivity contribution in [3.63, 3.8) is 0 Å². The van der Waals surface area contributed by atoms with Crippen molar-refractivity contribution in [2.24, 2.45) is 5.16 Å². The average Bonchev–Trinajstić information content (AvgIpc) is 4.06. The summed E-state index contributed by atoms with van der Waals surface area (Å²) in [4.78, 5) is 56.0. The van der Waals surface area contributed by atoms with Crippen LogP contribution in [0.15, 0.2) is 210 Å². The fourth-order valence-corrected chi connectivity index (χ4v) is 11.5. The lowest BCUT2D eigenvalue weighted by Crippen LogP contribution is -2.71. The highest BCUT2D eigenvalue weighted by atomic mass is 32.2. The molecule has 0 aliphatic carbocycles. The quantitative estimate of drug-likeness (QED) is 0.0368. The number of carboxylic acids is 1. The van der Waals surface area contributed by atoms with E-state index in [1.54, 1.807) is 17.5 Å². The molecule has 1 fully saturated rings. The Labute approximate surface area is 416 Å². The van der Waals surface area contributed by atoms with Crippen molar-refractivity contribution in [3.05, 3.63) is 254 Å². The van der Waals surface area contributed by atoms with E-state index in [1.807, 2.05) is 153 Å². The van der Waals surface area contributed by atoms with Crippen molar-refractivity contribution < 1.29 is 24.3 Å². The number of benzene rings is 6.